The Balaban J connectivity index is 1.82. The Morgan fingerprint density at radius 3 is 2.72 bits per heavy atom. The topological polar surface area (TPSA) is 9.23 Å². The Morgan fingerprint density at radius 1 is 1.28 bits per heavy atom. The maximum absolute atomic E-state index is 6.43. The van der Waals surface area contributed by atoms with E-state index in [4.69, 9.17) is 11.2 Å². The Kier molecular flexibility index (Phi) is 5.79. The second-order valence-corrected chi connectivity index (χ2v) is 8.10. The Hall–Kier alpha value is 0.220. The van der Waals surface area contributed by atoms with Crippen LogP contribution >= 0.6 is 23.5 Å². The highest BCUT2D eigenvalue weighted by Gasteiger charge is 2.47. The third-order valence-electron chi connectivity index (χ3n) is 3.79. The molecule has 0 spiro atoms. The first-order chi connectivity index (χ1) is 8.79. The molecule has 3 aliphatic rings. The number of terminal acetylenes is 1. The molecule has 0 amide bonds. The minimum absolute atomic E-state index is 0.0712. The molecule has 3 rings (SSSR count). The molecule has 18 heavy (non-hydrogen) atoms. The molecule has 0 N–H and O–H groups in total. The van der Waals surface area contributed by atoms with Crippen LogP contribution in [0.5, 0.6) is 0 Å². The fourth-order valence-corrected chi connectivity index (χ4v) is 6.09. The average molecular weight is 284 g/mol. The maximum Gasteiger partial charge on any atom is 0.160 e. The molecule has 3 heteroatoms. The second-order valence-electron chi connectivity index (χ2n) is 5.27. The molecule has 102 valence electrons. The molecule has 0 aromatic heterocycles. The van der Waals surface area contributed by atoms with Crippen LogP contribution < -0.4 is 0 Å². The smallest absolute Gasteiger partial charge is 0.160 e. The lowest BCUT2D eigenvalue weighted by Gasteiger charge is -2.49. The summed E-state index contributed by atoms with van der Waals surface area (Å²) < 4.78 is 6.50. The first-order valence-electron chi connectivity index (χ1n) is 7.19. The van der Waals surface area contributed by atoms with E-state index in [-0.39, 0.29) is 4.27 Å². The number of fused-ring (bicyclic) bond motifs is 3. The van der Waals surface area contributed by atoms with Gasteiger partial charge >= 0.3 is 0 Å². The van der Waals surface area contributed by atoms with Crippen molar-refractivity contribution in [2.45, 2.75) is 62.2 Å². The van der Waals surface area contributed by atoms with Gasteiger partial charge in [-0.25, -0.2) is 0 Å². The monoisotopic (exact) mass is 284 g/mol. The van der Waals surface area contributed by atoms with Crippen molar-refractivity contribution in [2.24, 2.45) is 5.92 Å². The first-order valence-corrected chi connectivity index (χ1v) is 9.16. The number of hydrogen-bond acceptors (Lipinski definition) is 3. The van der Waals surface area contributed by atoms with E-state index >= 15 is 0 Å². The van der Waals surface area contributed by atoms with Crippen LogP contribution in [0.3, 0.4) is 0 Å². The highest BCUT2D eigenvalue weighted by Crippen LogP contribution is 2.55. The van der Waals surface area contributed by atoms with Gasteiger partial charge in [-0.1, -0.05) is 19.8 Å². The molecule has 3 fully saturated rings. The molecule has 3 aliphatic heterocycles. The van der Waals surface area contributed by atoms with Gasteiger partial charge in [0.1, 0.15) is 0 Å². The zero-order chi connectivity index (χ0) is 12.8. The van der Waals surface area contributed by atoms with E-state index in [0.29, 0.717) is 6.10 Å². The lowest BCUT2D eigenvalue weighted by atomic mass is 10.0. The number of thioether (sulfide) groups is 2. The molecular weight excluding hydrogens is 260 g/mol. The molecule has 0 aromatic rings. The Labute approximate surface area is 120 Å². The minimum Gasteiger partial charge on any atom is -0.351 e. The number of ether oxygens (including phenoxy) is 1. The van der Waals surface area contributed by atoms with Crippen LogP contribution in [-0.2, 0) is 4.74 Å². The molecule has 1 unspecified atom stereocenters. The van der Waals surface area contributed by atoms with Crippen LogP contribution in [0.15, 0.2) is 0 Å². The van der Waals surface area contributed by atoms with E-state index in [9.17, 15) is 0 Å². The van der Waals surface area contributed by atoms with Gasteiger partial charge in [0.15, 0.2) is 4.27 Å². The van der Waals surface area contributed by atoms with Crippen LogP contribution in [0.25, 0.3) is 0 Å². The third kappa shape index (κ3) is 3.62. The summed E-state index contributed by atoms with van der Waals surface area (Å²) in [5.74, 6) is 6.12. The van der Waals surface area contributed by atoms with Crippen molar-refractivity contribution in [2.75, 3.05) is 11.5 Å². The summed E-state index contributed by atoms with van der Waals surface area (Å²) in [6.07, 6.45) is 14.1. The molecule has 1 atom stereocenters. The lowest BCUT2D eigenvalue weighted by Crippen LogP contribution is -2.48. The normalized spacial score (nSPS) is 34.4. The quantitative estimate of drug-likeness (QED) is 0.502. The largest absolute Gasteiger partial charge is 0.351 e. The van der Waals surface area contributed by atoms with E-state index in [0.717, 1.165) is 18.8 Å². The van der Waals surface area contributed by atoms with Crippen molar-refractivity contribution in [3.8, 4) is 12.3 Å². The summed E-state index contributed by atoms with van der Waals surface area (Å²) in [6, 6.07) is 0. The second kappa shape index (κ2) is 7.12. The molecule has 3 heterocycles. The van der Waals surface area contributed by atoms with Gasteiger partial charge in [-0.05, 0) is 25.7 Å². The van der Waals surface area contributed by atoms with Gasteiger partial charge in [0.2, 0.25) is 0 Å². The van der Waals surface area contributed by atoms with Gasteiger partial charge < -0.3 is 4.74 Å². The summed E-state index contributed by atoms with van der Waals surface area (Å²) >= 11 is 4.09. The first kappa shape index (κ1) is 14.6. The van der Waals surface area contributed by atoms with E-state index in [1.807, 2.05) is 23.5 Å². The van der Waals surface area contributed by atoms with Crippen LogP contribution in [0, 0.1) is 18.3 Å². The highest BCUT2D eigenvalue weighted by molar-refractivity contribution is 8.18. The zero-order valence-corrected chi connectivity index (χ0v) is 13.0. The van der Waals surface area contributed by atoms with E-state index in [2.05, 4.69) is 12.8 Å². The number of rotatable bonds is 7. The SMILES string of the molecule is C#CCCCCC12OC(CCCC)C(CS1)CS2. The van der Waals surface area contributed by atoms with Crippen molar-refractivity contribution in [1.29, 1.82) is 0 Å². The Bertz CT molecular complexity index is 289. The van der Waals surface area contributed by atoms with Crippen molar-refractivity contribution in [3.05, 3.63) is 0 Å². The summed E-state index contributed by atoms with van der Waals surface area (Å²) in [6.45, 7) is 2.26. The van der Waals surface area contributed by atoms with E-state index in [1.165, 1.54) is 43.6 Å². The van der Waals surface area contributed by atoms with Crippen molar-refractivity contribution < 1.29 is 4.74 Å². The Morgan fingerprint density at radius 2 is 2.06 bits per heavy atom. The van der Waals surface area contributed by atoms with Crippen LogP contribution in [0.4, 0.5) is 0 Å². The molecule has 0 aromatic carbocycles. The fraction of sp³-hybridized carbons (Fsp3) is 0.867. The molecule has 3 saturated heterocycles. The van der Waals surface area contributed by atoms with Crippen LogP contribution in [0.2, 0.25) is 0 Å². The summed E-state index contributed by atoms with van der Waals surface area (Å²) in [5.41, 5.74) is 0. The summed E-state index contributed by atoms with van der Waals surface area (Å²) in [7, 11) is 0. The van der Waals surface area contributed by atoms with Gasteiger partial charge in [0.05, 0.1) is 6.10 Å². The average Bonchev–Trinajstić information content (AvgIpc) is 2.43. The van der Waals surface area contributed by atoms with Gasteiger partial charge in [0.25, 0.3) is 0 Å². The van der Waals surface area contributed by atoms with Crippen LogP contribution in [0.1, 0.15) is 51.9 Å². The predicted octanol–water partition coefficient (Wildman–Crippen LogP) is 4.52. The minimum atomic E-state index is 0.0712. The molecule has 1 nitrogen and oxygen atoms in total. The maximum atomic E-state index is 6.43. The number of unbranched alkanes of at least 4 members (excludes halogenated alkanes) is 3. The molecule has 0 aliphatic carbocycles. The van der Waals surface area contributed by atoms with Crippen LogP contribution in [-0.4, -0.2) is 21.9 Å². The van der Waals surface area contributed by atoms with Crippen molar-refractivity contribution in [3.63, 3.8) is 0 Å². The lowest BCUT2D eigenvalue weighted by molar-refractivity contribution is -0.0364. The van der Waals surface area contributed by atoms with Gasteiger partial charge in [-0.3, -0.25) is 0 Å². The third-order valence-corrected chi connectivity index (χ3v) is 7.16. The predicted molar refractivity (Wildman–Crippen MR) is 82.8 cm³/mol. The van der Waals surface area contributed by atoms with Gasteiger partial charge in [-0.2, -0.15) is 0 Å². The highest BCUT2D eigenvalue weighted by atomic mass is 32.2. The molecular formula is C15H24OS2. The van der Waals surface area contributed by atoms with Crippen molar-refractivity contribution in [1.82, 2.24) is 0 Å². The van der Waals surface area contributed by atoms with Gasteiger partial charge in [0, 0.05) is 23.8 Å². The fourth-order valence-electron chi connectivity index (χ4n) is 2.64. The van der Waals surface area contributed by atoms with E-state index < -0.39 is 0 Å². The van der Waals surface area contributed by atoms with E-state index in [1.54, 1.807) is 0 Å². The van der Waals surface area contributed by atoms with Gasteiger partial charge in [-0.15, -0.1) is 35.9 Å². The molecule has 0 radical (unpaired) electrons. The summed E-state index contributed by atoms with van der Waals surface area (Å²) in [4.78, 5) is 0. The standard InChI is InChI=1S/C15H24OS2/c1-3-5-7-8-10-15-16-14(9-6-4-2)13(11-17-15)12-18-15/h1,13-14H,4-12H2,2H3. The summed E-state index contributed by atoms with van der Waals surface area (Å²) in [5, 5.41) is 0. The number of hydrogen-bond donors (Lipinski definition) is 0. The molecule has 0 saturated carbocycles. The zero-order valence-electron chi connectivity index (χ0n) is 11.3. The molecule has 2 bridgehead atoms. The van der Waals surface area contributed by atoms with Crippen molar-refractivity contribution >= 4 is 23.5 Å².